The van der Waals surface area contributed by atoms with Crippen molar-refractivity contribution < 1.29 is 22.8 Å². The zero-order valence-corrected chi connectivity index (χ0v) is 13.2. The van der Waals surface area contributed by atoms with Crippen LogP contribution >= 0.6 is 11.6 Å². The third-order valence-electron chi connectivity index (χ3n) is 2.95. The van der Waals surface area contributed by atoms with Crippen LogP contribution in [-0.2, 0) is 15.8 Å². The number of carbonyl (C=O) groups excluding carboxylic acids is 2. The van der Waals surface area contributed by atoms with Gasteiger partial charge < -0.3 is 5.32 Å². The van der Waals surface area contributed by atoms with Crippen molar-refractivity contribution in [3.05, 3.63) is 64.7 Å². The van der Waals surface area contributed by atoms with Crippen LogP contribution in [-0.4, -0.2) is 18.0 Å². The summed E-state index contributed by atoms with van der Waals surface area (Å²) in [6.07, 6.45) is -3.22. The van der Waals surface area contributed by atoms with Crippen molar-refractivity contribution in [2.24, 2.45) is 5.10 Å². The second kappa shape index (κ2) is 7.80. The van der Waals surface area contributed by atoms with Gasteiger partial charge in [-0.05, 0) is 30.3 Å². The maximum absolute atomic E-state index is 12.4. The molecule has 2 aromatic carbocycles. The Kier molecular flexibility index (Phi) is 5.76. The van der Waals surface area contributed by atoms with Gasteiger partial charge in [-0.3, -0.25) is 9.59 Å². The molecule has 0 aliphatic rings. The van der Waals surface area contributed by atoms with Gasteiger partial charge in [0, 0.05) is 16.3 Å². The quantitative estimate of drug-likeness (QED) is 0.494. The molecule has 0 fully saturated rings. The molecule has 2 N–H and O–H groups in total. The van der Waals surface area contributed by atoms with E-state index in [-0.39, 0.29) is 5.69 Å². The summed E-state index contributed by atoms with van der Waals surface area (Å²) >= 11 is 5.89. The fourth-order valence-electron chi connectivity index (χ4n) is 1.72. The van der Waals surface area contributed by atoms with Gasteiger partial charge in [0.25, 0.3) is 0 Å². The molecule has 0 heterocycles. The number of alkyl halides is 3. The Bertz CT molecular complexity index is 805. The van der Waals surface area contributed by atoms with E-state index in [1.165, 1.54) is 6.21 Å². The molecule has 0 aromatic heterocycles. The highest BCUT2D eigenvalue weighted by Gasteiger charge is 2.30. The highest BCUT2D eigenvalue weighted by molar-refractivity contribution is 6.39. The first kappa shape index (κ1) is 18.5. The molecule has 9 heteroatoms. The van der Waals surface area contributed by atoms with Crippen molar-refractivity contribution in [3.63, 3.8) is 0 Å². The molecule has 5 nitrogen and oxygen atoms in total. The van der Waals surface area contributed by atoms with E-state index in [2.05, 4.69) is 10.4 Å². The van der Waals surface area contributed by atoms with E-state index >= 15 is 0 Å². The molecule has 130 valence electrons. The molecule has 0 saturated heterocycles. The van der Waals surface area contributed by atoms with E-state index < -0.39 is 23.6 Å². The maximum atomic E-state index is 12.4. The average Bonchev–Trinajstić information content (AvgIpc) is 2.56. The first-order valence-electron chi connectivity index (χ1n) is 6.83. The largest absolute Gasteiger partial charge is 0.416 e. The van der Waals surface area contributed by atoms with Gasteiger partial charge in [0.15, 0.2) is 0 Å². The summed E-state index contributed by atoms with van der Waals surface area (Å²) in [7, 11) is 0. The van der Waals surface area contributed by atoms with E-state index in [0.29, 0.717) is 10.6 Å². The fraction of sp³-hybridized carbons (Fsp3) is 0.0625. The Balaban J connectivity index is 1.92. The summed E-state index contributed by atoms with van der Waals surface area (Å²) in [5.41, 5.74) is 1.71. The SMILES string of the molecule is O=C(N/N=C/c1ccccc1Cl)C(=O)Nc1ccc(C(F)(F)F)cc1. The predicted octanol–water partition coefficient (Wildman–Crippen LogP) is 3.45. The average molecular weight is 370 g/mol. The van der Waals surface area contributed by atoms with Crippen LogP contribution in [0.15, 0.2) is 53.6 Å². The highest BCUT2D eigenvalue weighted by Crippen LogP contribution is 2.29. The van der Waals surface area contributed by atoms with Gasteiger partial charge in [-0.15, -0.1) is 0 Å². The monoisotopic (exact) mass is 369 g/mol. The number of benzene rings is 2. The lowest BCUT2D eigenvalue weighted by Crippen LogP contribution is -2.32. The van der Waals surface area contributed by atoms with Crippen LogP contribution in [0.2, 0.25) is 5.02 Å². The second-order valence-electron chi connectivity index (χ2n) is 4.75. The molecular weight excluding hydrogens is 359 g/mol. The molecule has 2 aromatic rings. The lowest BCUT2D eigenvalue weighted by Gasteiger charge is -2.08. The van der Waals surface area contributed by atoms with Gasteiger partial charge in [0.1, 0.15) is 0 Å². The Hall–Kier alpha value is -2.87. The lowest BCUT2D eigenvalue weighted by atomic mass is 10.2. The molecule has 0 aliphatic heterocycles. The summed E-state index contributed by atoms with van der Waals surface area (Å²) in [5.74, 6) is -2.15. The molecule has 25 heavy (non-hydrogen) atoms. The number of nitrogens with one attached hydrogen (secondary N) is 2. The zero-order valence-electron chi connectivity index (χ0n) is 12.5. The fourth-order valence-corrected chi connectivity index (χ4v) is 1.91. The summed E-state index contributed by atoms with van der Waals surface area (Å²) in [6.45, 7) is 0. The first-order valence-corrected chi connectivity index (χ1v) is 7.21. The Morgan fingerprint density at radius 2 is 1.64 bits per heavy atom. The number of carbonyl (C=O) groups is 2. The summed E-state index contributed by atoms with van der Waals surface area (Å²) < 4.78 is 37.3. The minimum Gasteiger partial charge on any atom is -0.318 e. The second-order valence-corrected chi connectivity index (χ2v) is 5.16. The number of hydrogen-bond acceptors (Lipinski definition) is 3. The molecule has 2 amide bonds. The van der Waals surface area contributed by atoms with Crippen LogP contribution in [0.3, 0.4) is 0 Å². The van der Waals surface area contributed by atoms with Gasteiger partial charge >= 0.3 is 18.0 Å². The van der Waals surface area contributed by atoms with E-state index in [1.54, 1.807) is 24.3 Å². The Morgan fingerprint density at radius 1 is 1.00 bits per heavy atom. The minimum absolute atomic E-state index is 0.0447. The van der Waals surface area contributed by atoms with Crippen LogP contribution < -0.4 is 10.7 Å². The summed E-state index contributed by atoms with van der Waals surface area (Å²) in [4.78, 5) is 23.3. The first-order chi connectivity index (χ1) is 11.8. The van der Waals surface area contributed by atoms with Gasteiger partial charge in [0.2, 0.25) is 0 Å². The zero-order chi connectivity index (χ0) is 18.4. The van der Waals surface area contributed by atoms with E-state index in [1.807, 2.05) is 5.43 Å². The van der Waals surface area contributed by atoms with E-state index in [4.69, 9.17) is 11.6 Å². The van der Waals surface area contributed by atoms with Crippen LogP contribution in [0, 0.1) is 0 Å². The minimum atomic E-state index is -4.48. The van der Waals surface area contributed by atoms with E-state index in [9.17, 15) is 22.8 Å². The Morgan fingerprint density at radius 3 is 2.24 bits per heavy atom. The summed E-state index contributed by atoms with van der Waals surface area (Å²) in [5, 5.41) is 6.17. The van der Waals surface area contributed by atoms with Crippen molar-refractivity contribution in [2.45, 2.75) is 6.18 Å². The maximum Gasteiger partial charge on any atom is 0.416 e. The van der Waals surface area contributed by atoms with Crippen molar-refractivity contribution in [2.75, 3.05) is 5.32 Å². The molecule has 2 rings (SSSR count). The van der Waals surface area contributed by atoms with Crippen molar-refractivity contribution in [1.29, 1.82) is 0 Å². The normalized spacial score (nSPS) is 11.4. The van der Waals surface area contributed by atoms with Gasteiger partial charge in [-0.2, -0.15) is 18.3 Å². The summed E-state index contributed by atoms with van der Waals surface area (Å²) in [6, 6.07) is 10.4. The molecule has 0 bridgehead atoms. The van der Waals surface area contributed by atoms with Crippen LogP contribution in [0.5, 0.6) is 0 Å². The van der Waals surface area contributed by atoms with Gasteiger partial charge in [0.05, 0.1) is 11.8 Å². The molecular formula is C16H11ClF3N3O2. The number of amides is 2. The van der Waals surface area contributed by atoms with Crippen molar-refractivity contribution in [3.8, 4) is 0 Å². The predicted molar refractivity (Wildman–Crippen MR) is 87.3 cm³/mol. The topological polar surface area (TPSA) is 70.6 Å². The van der Waals surface area contributed by atoms with Crippen molar-refractivity contribution >= 4 is 35.3 Å². The number of rotatable bonds is 3. The van der Waals surface area contributed by atoms with Crippen LogP contribution in [0.25, 0.3) is 0 Å². The number of anilines is 1. The Labute approximate surface area is 145 Å². The van der Waals surface area contributed by atoms with E-state index in [0.717, 1.165) is 24.3 Å². The van der Waals surface area contributed by atoms with Crippen molar-refractivity contribution in [1.82, 2.24) is 5.43 Å². The molecule has 0 radical (unpaired) electrons. The highest BCUT2D eigenvalue weighted by atomic mass is 35.5. The lowest BCUT2D eigenvalue weighted by molar-refractivity contribution is -0.137. The number of halogens is 4. The third kappa shape index (κ3) is 5.32. The molecule has 0 saturated carbocycles. The number of nitrogens with zero attached hydrogens (tertiary/aromatic N) is 1. The third-order valence-corrected chi connectivity index (χ3v) is 3.30. The molecule has 0 aliphatic carbocycles. The van der Waals surface area contributed by atoms with Crippen LogP contribution in [0.4, 0.5) is 18.9 Å². The standard InChI is InChI=1S/C16H11ClF3N3O2/c17-13-4-2-1-3-10(13)9-21-23-15(25)14(24)22-12-7-5-11(6-8-12)16(18,19)20/h1-9H,(H,22,24)(H,23,25)/b21-9+. The molecule has 0 atom stereocenters. The van der Waals surface area contributed by atoms with Gasteiger partial charge in [-0.1, -0.05) is 29.8 Å². The molecule has 0 spiro atoms. The smallest absolute Gasteiger partial charge is 0.318 e. The molecule has 0 unspecified atom stereocenters. The van der Waals surface area contributed by atoms with Crippen LogP contribution in [0.1, 0.15) is 11.1 Å². The number of hydrogen-bond donors (Lipinski definition) is 2. The number of hydrazone groups is 1. The van der Waals surface area contributed by atoms with Gasteiger partial charge in [-0.25, -0.2) is 5.43 Å².